The fourth-order valence-corrected chi connectivity index (χ4v) is 4.15. The average Bonchev–Trinajstić information content (AvgIpc) is 3.29. The van der Waals surface area contributed by atoms with Crippen LogP contribution in [-0.4, -0.2) is 64.9 Å². The first-order valence-electron chi connectivity index (χ1n) is 11.4. The number of fused-ring (bicyclic) bond motifs is 1. The molecule has 3 aromatic rings. The first-order chi connectivity index (χ1) is 17.0. The number of rotatable bonds is 6. The van der Waals surface area contributed by atoms with Crippen LogP contribution in [0.5, 0.6) is 5.75 Å². The van der Waals surface area contributed by atoms with Crippen molar-refractivity contribution in [3.8, 4) is 17.2 Å². The number of methoxy groups -OCH3 is 1. The summed E-state index contributed by atoms with van der Waals surface area (Å²) in [6.45, 7) is 4.87. The number of nitrogens with zero attached hydrogens (tertiary/aromatic N) is 4. The maximum absolute atomic E-state index is 13.3. The van der Waals surface area contributed by atoms with E-state index in [0.717, 1.165) is 12.5 Å². The van der Waals surface area contributed by atoms with Gasteiger partial charge in [-0.2, -0.15) is 13.2 Å². The molecule has 192 valence electrons. The van der Waals surface area contributed by atoms with Gasteiger partial charge in [0.15, 0.2) is 11.5 Å². The molecule has 0 unspecified atom stereocenters. The molecule has 3 heterocycles. The standard InChI is InChI=1S/C24H26F3N5O4/c1-4-9-31-10-11-32(12-18(31)33)23(34)20-21(13(2)28)36-22(30-20)15-5-7-16(35-3)19-14(15)6-8-17(29-19)24(25,26)27/h5-8,13H,4,9-12,28H2,1-3H3/t13-/m0/s1. The Labute approximate surface area is 205 Å². The molecule has 1 aliphatic rings. The molecule has 2 N–H and O–H groups in total. The smallest absolute Gasteiger partial charge is 0.433 e. The number of pyridine rings is 1. The highest BCUT2D eigenvalue weighted by atomic mass is 19.4. The molecule has 36 heavy (non-hydrogen) atoms. The summed E-state index contributed by atoms with van der Waals surface area (Å²) >= 11 is 0. The van der Waals surface area contributed by atoms with Gasteiger partial charge in [0, 0.05) is 30.6 Å². The lowest BCUT2D eigenvalue weighted by molar-refractivity contribution is -0.141. The molecule has 2 aromatic heterocycles. The number of piperazine rings is 1. The highest BCUT2D eigenvalue weighted by Gasteiger charge is 2.34. The van der Waals surface area contributed by atoms with E-state index in [1.165, 1.54) is 24.1 Å². The van der Waals surface area contributed by atoms with Gasteiger partial charge in [-0.15, -0.1) is 0 Å². The number of amides is 2. The number of oxazole rings is 1. The summed E-state index contributed by atoms with van der Waals surface area (Å²) in [6, 6.07) is 4.42. The Morgan fingerprint density at radius 2 is 1.97 bits per heavy atom. The number of aromatic nitrogens is 2. The molecule has 9 nitrogen and oxygen atoms in total. The SMILES string of the molecule is CCCN1CCN(C(=O)c2nc(-c3ccc(OC)c4nc(C(F)(F)F)ccc34)oc2[C@H](C)N)CC1=O. The van der Waals surface area contributed by atoms with Crippen LogP contribution >= 0.6 is 0 Å². The lowest BCUT2D eigenvalue weighted by Crippen LogP contribution is -2.52. The molecule has 0 bridgehead atoms. The van der Waals surface area contributed by atoms with Crippen LogP contribution in [0.25, 0.3) is 22.4 Å². The number of hydrogen-bond acceptors (Lipinski definition) is 7. The molecule has 1 saturated heterocycles. The quantitative estimate of drug-likeness (QED) is 0.544. The molecular formula is C24H26F3N5O4. The van der Waals surface area contributed by atoms with Gasteiger partial charge in [-0.1, -0.05) is 6.92 Å². The number of halogens is 3. The predicted octanol–water partition coefficient (Wildman–Crippen LogP) is 3.63. The number of carbonyl (C=O) groups is 2. The van der Waals surface area contributed by atoms with Crippen LogP contribution < -0.4 is 10.5 Å². The molecule has 0 saturated carbocycles. The second-order valence-electron chi connectivity index (χ2n) is 8.53. The lowest BCUT2D eigenvalue weighted by atomic mass is 10.1. The van der Waals surface area contributed by atoms with E-state index in [1.807, 2.05) is 6.92 Å². The van der Waals surface area contributed by atoms with E-state index in [4.69, 9.17) is 14.9 Å². The van der Waals surface area contributed by atoms with Gasteiger partial charge >= 0.3 is 6.18 Å². The van der Waals surface area contributed by atoms with Crippen LogP contribution in [0.1, 0.15) is 48.3 Å². The van der Waals surface area contributed by atoms with Gasteiger partial charge in [0.25, 0.3) is 5.91 Å². The van der Waals surface area contributed by atoms with Crippen molar-refractivity contribution in [2.75, 3.05) is 33.3 Å². The Bertz CT molecular complexity index is 1300. The fraction of sp³-hybridized carbons (Fsp3) is 0.417. The van der Waals surface area contributed by atoms with Gasteiger partial charge in [0.2, 0.25) is 11.8 Å². The molecule has 1 fully saturated rings. The third kappa shape index (κ3) is 4.72. The summed E-state index contributed by atoms with van der Waals surface area (Å²) < 4.78 is 50.9. The average molecular weight is 505 g/mol. The van der Waals surface area contributed by atoms with Crippen LogP contribution in [-0.2, 0) is 11.0 Å². The minimum atomic E-state index is -4.64. The van der Waals surface area contributed by atoms with Gasteiger partial charge in [-0.05, 0) is 37.6 Å². The summed E-state index contributed by atoms with van der Waals surface area (Å²) in [5, 5.41) is 0.294. The molecule has 0 radical (unpaired) electrons. The van der Waals surface area contributed by atoms with E-state index in [0.29, 0.717) is 30.6 Å². The zero-order valence-corrected chi connectivity index (χ0v) is 20.1. The summed E-state index contributed by atoms with van der Waals surface area (Å²) in [4.78, 5) is 37.0. The van der Waals surface area contributed by atoms with E-state index in [1.54, 1.807) is 17.9 Å². The van der Waals surface area contributed by atoms with Crippen molar-refractivity contribution in [3.63, 3.8) is 0 Å². The normalized spacial score (nSPS) is 15.5. The minimum absolute atomic E-state index is 0.00388. The zero-order chi connectivity index (χ0) is 26.2. The molecule has 1 atom stereocenters. The number of alkyl halides is 3. The first kappa shape index (κ1) is 25.4. The number of nitrogens with two attached hydrogens (primary N) is 1. The van der Waals surface area contributed by atoms with Crippen LogP contribution in [0, 0.1) is 0 Å². The minimum Gasteiger partial charge on any atom is -0.494 e. The van der Waals surface area contributed by atoms with Crippen molar-refractivity contribution in [1.82, 2.24) is 19.8 Å². The molecule has 2 amide bonds. The molecular weight excluding hydrogens is 479 g/mol. The third-order valence-corrected chi connectivity index (χ3v) is 5.93. The first-order valence-corrected chi connectivity index (χ1v) is 11.4. The fourth-order valence-electron chi connectivity index (χ4n) is 4.15. The molecule has 0 aliphatic carbocycles. The highest BCUT2D eigenvalue weighted by Crippen LogP contribution is 2.37. The van der Waals surface area contributed by atoms with Gasteiger partial charge in [-0.3, -0.25) is 9.59 Å². The van der Waals surface area contributed by atoms with Crippen molar-refractivity contribution in [3.05, 3.63) is 41.4 Å². The van der Waals surface area contributed by atoms with Gasteiger partial charge in [-0.25, -0.2) is 9.97 Å². The molecule has 1 aromatic carbocycles. The van der Waals surface area contributed by atoms with E-state index in [-0.39, 0.29) is 41.1 Å². The highest BCUT2D eigenvalue weighted by molar-refractivity contribution is 5.99. The number of benzene rings is 1. The van der Waals surface area contributed by atoms with E-state index in [9.17, 15) is 22.8 Å². The maximum atomic E-state index is 13.3. The maximum Gasteiger partial charge on any atom is 0.433 e. The summed E-state index contributed by atoms with van der Waals surface area (Å²) in [5.74, 6) is -0.413. The number of hydrogen-bond donors (Lipinski definition) is 1. The van der Waals surface area contributed by atoms with Gasteiger partial charge in [0.05, 0.1) is 13.2 Å². The summed E-state index contributed by atoms with van der Waals surface area (Å²) in [7, 11) is 1.33. The van der Waals surface area contributed by atoms with Gasteiger partial charge in [0.1, 0.15) is 23.5 Å². The molecule has 4 rings (SSSR count). The van der Waals surface area contributed by atoms with Crippen molar-refractivity contribution in [2.24, 2.45) is 5.73 Å². The second kappa shape index (κ2) is 9.76. The van der Waals surface area contributed by atoms with Crippen molar-refractivity contribution < 1.29 is 31.9 Å². The van der Waals surface area contributed by atoms with Crippen molar-refractivity contribution >= 4 is 22.7 Å². The third-order valence-electron chi connectivity index (χ3n) is 5.93. The molecule has 12 heteroatoms. The Balaban J connectivity index is 1.75. The molecule has 1 aliphatic heterocycles. The topological polar surface area (TPSA) is 115 Å². The van der Waals surface area contributed by atoms with Crippen molar-refractivity contribution in [1.29, 1.82) is 0 Å². The van der Waals surface area contributed by atoms with E-state index < -0.39 is 23.8 Å². The Hall–Kier alpha value is -3.67. The van der Waals surface area contributed by atoms with Crippen LogP contribution in [0.15, 0.2) is 28.7 Å². The largest absolute Gasteiger partial charge is 0.494 e. The van der Waals surface area contributed by atoms with E-state index >= 15 is 0 Å². The number of ether oxygens (including phenoxy) is 1. The van der Waals surface area contributed by atoms with Gasteiger partial charge < -0.3 is 24.7 Å². The molecule has 0 spiro atoms. The second-order valence-corrected chi connectivity index (χ2v) is 8.53. The Kier molecular flexibility index (Phi) is 6.90. The summed E-state index contributed by atoms with van der Waals surface area (Å²) in [5.41, 5.74) is 5.22. The van der Waals surface area contributed by atoms with Crippen LogP contribution in [0.4, 0.5) is 13.2 Å². The lowest BCUT2D eigenvalue weighted by Gasteiger charge is -2.33. The van der Waals surface area contributed by atoms with Crippen molar-refractivity contribution in [2.45, 2.75) is 32.5 Å². The van der Waals surface area contributed by atoms with E-state index in [2.05, 4.69) is 9.97 Å². The van der Waals surface area contributed by atoms with Crippen LogP contribution in [0.2, 0.25) is 0 Å². The Morgan fingerprint density at radius 3 is 2.58 bits per heavy atom. The van der Waals surface area contributed by atoms with Crippen LogP contribution in [0.3, 0.4) is 0 Å². The number of carbonyl (C=O) groups excluding carboxylic acids is 2. The summed E-state index contributed by atoms with van der Waals surface area (Å²) in [6.07, 6.45) is -3.82. The predicted molar refractivity (Wildman–Crippen MR) is 124 cm³/mol. The Morgan fingerprint density at radius 1 is 1.22 bits per heavy atom. The monoisotopic (exact) mass is 505 g/mol. The zero-order valence-electron chi connectivity index (χ0n) is 20.1.